The van der Waals surface area contributed by atoms with Crippen molar-refractivity contribution in [3.05, 3.63) is 47.2 Å². The van der Waals surface area contributed by atoms with Crippen LogP contribution in [-0.2, 0) is 6.54 Å². The number of imidazole rings is 1. The maximum Gasteiger partial charge on any atom is 0.142 e. The Morgan fingerprint density at radius 1 is 1.25 bits per heavy atom. The number of halogens is 2. The maximum atomic E-state index is 13.3. The predicted octanol–water partition coefficient (Wildman–Crippen LogP) is 4.22. The standard InChI is InChI=1S/C15H12ClFN2O/c1-2-19-14-6-3-9(17)7-13(14)18-15(19)11-8-10(20)4-5-12(11)16/h3-8,20H,2H2,1H3. The fourth-order valence-electron chi connectivity index (χ4n) is 2.31. The Morgan fingerprint density at radius 3 is 2.80 bits per heavy atom. The first-order chi connectivity index (χ1) is 9.60. The SMILES string of the molecule is CCn1c(-c2cc(O)ccc2Cl)nc2cc(F)ccc21. The van der Waals surface area contributed by atoms with E-state index in [9.17, 15) is 9.50 Å². The Kier molecular flexibility index (Phi) is 3.10. The van der Waals surface area contributed by atoms with Crippen LogP contribution in [0.15, 0.2) is 36.4 Å². The van der Waals surface area contributed by atoms with E-state index in [-0.39, 0.29) is 11.6 Å². The van der Waals surface area contributed by atoms with Gasteiger partial charge >= 0.3 is 0 Å². The predicted molar refractivity (Wildman–Crippen MR) is 77.5 cm³/mol. The van der Waals surface area contributed by atoms with Crippen molar-refractivity contribution in [2.24, 2.45) is 0 Å². The molecule has 0 fully saturated rings. The molecular weight excluding hydrogens is 279 g/mol. The van der Waals surface area contributed by atoms with Crippen LogP contribution < -0.4 is 0 Å². The minimum absolute atomic E-state index is 0.116. The lowest BCUT2D eigenvalue weighted by Crippen LogP contribution is -1.97. The van der Waals surface area contributed by atoms with Gasteiger partial charge in [0.25, 0.3) is 0 Å². The van der Waals surface area contributed by atoms with Gasteiger partial charge in [0.15, 0.2) is 0 Å². The molecule has 1 N–H and O–H groups in total. The van der Waals surface area contributed by atoms with Crippen LogP contribution in [0.1, 0.15) is 6.92 Å². The Balaban J connectivity index is 2.32. The van der Waals surface area contributed by atoms with E-state index < -0.39 is 0 Å². The summed E-state index contributed by atoms with van der Waals surface area (Å²) in [6.07, 6.45) is 0. The smallest absolute Gasteiger partial charge is 0.142 e. The van der Waals surface area contributed by atoms with Gasteiger partial charge in [-0.15, -0.1) is 0 Å². The number of hydrogen-bond donors (Lipinski definition) is 1. The molecule has 3 aromatic rings. The number of fused-ring (bicyclic) bond motifs is 1. The van der Waals surface area contributed by atoms with Gasteiger partial charge in [0, 0.05) is 18.2 Å². The molecule has 102 valence electrons. The molecule has 0 radical (unpaired) electrons. The van der Waals surface area contributed by atoms with Gasteiger partial charge in [0.1, 0.15) is 17.4 Å². The van der Waals surface area contributed by atoms with Crippen molar-refractivity contribution in [3.8, 4) is 17.1 Å². The summed E-state index contributed by atoms with van der Waals surface area (Å²) in [7, 11) is 0. The highest BCUT2D eigenvalue weighted by Gasteiger charge is 2.15. The highest BCUT2D eigenvalue weighted by Crippen LogP contribution is 2.32. The molecule has 0 atom stereocenters. The van der Waals surface area contributed by atoms with E-state index in [2.05, 4.69) is 4.98 Å². The van der Waals surface area contributed by atoms with Crippen LogP contribution in [0.5, 0.6) is 5.75 Å². The molecule has 5 heteroatoms. The number of aryl methyl sites for hydroxylation is 1. The maximum absolute atomic E-state index is 13.3. The number of hydrogen-bond acceptors (Lipinski definition) is 2. The number of benzene rings is 2. The second-order valence-electron chi connectivity index (χ2n) is 4.48. The topological polar surface area (TPSA) is 38.0 Å². The highest BCUT2D eigenvalue weighted by molar-refractivity contribution is 6.33. The van der Waals surface area contributed by atoms with Crippen molar-refractivity contribution in [3.63, 3.8) is 0 Å². The number of phenols is 1. The van der Waals surface area contributed by atoms with Gasteiger partial charge in [-0.05, 0) is 37.3 Å². The fraction of sp³-hybridized carbons (Fsp3) is 0.133. The summed E-state index contributed by atoms with van der Waals surface area (Å²) < 4.78 is 15.3. The third kappa shape index (κ3) is 2.02. The van der Waals surface area contributed by atoms with Gasteiger partial charge < -0.3 is 9.67 Å². The zero-order valence-electron chi connectivity index (χ0n) is 10.8. The monoisotopic (exact) mass is 290 g/mol. The van der Waals surface area contributed by atoms with Crippen molar-refractivity contribution in [1.82, 2.24) is 9.55 Å². The zero-order valence-corrected chi connectivity index (χ0v) is 11.5. The van der Waals surface area contributed by atoms with Crippen LogP contribution in [0.3, 0.4) is 0 Å². The quantitative estimate of drug-likeness (QED) is 0.767. The molecule has 2 aromatic carbocycles. The van der Waals surface area contributed by atoms with Crippen molar-refractivity contribution in [2.45, 2.75) is 13.5 Å². The van der Waals surface area contributed by atoms with E-state index in [1.165, 1.54) is 18.2 Å². The number of aromatic hydroxyl groups is 1. The van der Waals surface area contributed by atoms with E-state index in [0.29, 0.717) is 28.5 Å². The third-order valence-corrected chi connectivity index (χ3v) is 3.55. The molecule has 0 spiro atoms. The summed E-state index contributed by atoms with van der Waals surface area (Å²) in [6.45, 7) is 2.65. The van der Waals surface area contributed by atoms with Crippen molar-refractivity contribution >= 4 is 22.6 Å². The number of phenolic OH excluding ortho intramolecular Hbond substituents is 1. The number of aromatic nitrogens is 2. The summed E-state index contributed by atoms with van der Waals surface area (Å²) in [6, 6.07) is 9.19. The molecule has 0 saturated heterocycles. The Bertz CT molecular complexity index is 798. The zero-order chi connectivity index (χ0) is 14.3. The molecule has 1 heterocycles. The molecule has 3 rings (SSSR count). The Morgan fingerprint density at radius 2 is 2.05 bits per heavy atom. The summed E-state index contributed by atoms with van der Waals surface area (Å²) in [5, 5.41) is 10.1. The van der Waals surface area contributed by atoms with E-state index in [0.717, 1.165) is 5.52 Å². The highest BCUT2D eigenvalue weighted by atomic mass is 35.5. The number of rotatable bonds is 2. The molecule has 20 heavy (non-hydrogen) atoms. The minimum atomic E-state index is -0.327. The van der Waals surface area contributed by atoms with Crippen LogP contribution in [0.2, 0.25) is 5.02 Å². The van der Waals surface area contributed by atoms with Crippen LogP contribution in [0.4, 0.5) is 4.39 Å². The van der Waals surface area contributed by atoms with Gasteiger partial charge in [-0.2, -0.15) is 0 Å². The van der Waals surface area contributed by atoms with E-state index in [1.54, 1.807) is 18.2 Å². The average Bonchev–Trinajstić information content (AvgIpc) is 2.78. The van der Waals surface area contributed by atoms with Gasteiger partial charge in [-0.25, -0.2) is 9.37 Å². The van der Waals surface area contributed by atoms with Crippen LogP contribution in [-0.4, -0.2) is 14.7 Å². The first-order valence-electron chi connectivity index (χ1n) is 6.25. The van der Waals surface area contributed by atoms with Gasteiger partial charge in [0.2, 0.25) is 0 Å². The molecule has 0 saturated carbocycles. The van der Waals surface area contributed by atoms with Gasteiger partial charge in [-0.1, -0.05) is 11.6 Å². The number of nitrogens with zero attached hydrogens (tertiary/aromatic N) is 2. The van der Waals surface area contributed by atoms with Gasteiger partial charge in [-0.3, -0.25) is 0 Å². The van der Waals surface area contributed by atoms with E-state index in [1.807, 2.05) is 11.5 Å². The second kappa shape index (κ2) is 4.80. The summed E-state index contributed by atoms with van der Waals surface area (Å²) in [5.41, 5.74) is 2.04. The molecule has 3 nitrogen and oxygen atoms in total. The Hall–Kier alpha value is -2.07. The fourth-order valence-corrected chi connectivity index (χ4v) is 2.52. The minimum Gasteiger partial charge on any atom is -0.508 e. The Labute approximate surface area is 120 Å². The van der Waals surface area contributed by atoms with Crippen LogP contribution >= 0.6 is 11.6 Å². The summed E-state index contributed by atoms with van der Waals surface area (Å²) in [5.74, 6) is 0.408. The molecule has 0 aliphatic rings. The van der Waals surface area contributed by atoms with E-state index in [4.69, 9.17) is 11.6 Å². The molecule has 0 amide bonds. The first kappa shape index (κ1) is 12.9. The molecule has 0 aliphatic heterocycles. The lowest BCUT2D eigenvalue weighted by Gasteiger charge is -2.08. The first-order valence-corrected chi connectivity index (χ1v) is 6.62. The van der Waals surface area contributed by atoms with Crippen LogP contribution in [0, 0.1) is 5.82 Å². The molecule has 0 bridgehead atoms. The molecule has 1 aromatic heterocycles. The normalized spacial score (nSPS) is 11.2. The summed E-state index contributed by atoms with van der Waals surface area (Å²) >= 11 is 6.18. The van der Waals surface area contributed by atoms with Crippen molar-refractivity contribution < 1.29 is 9.50 Å². The molecule has 0 unspecified atom stereocenters. The van der Waals surface area contributed by atoms with E-state index >= 15 is 0 Å². The van der Waals surface area contributed by atoms with Crippen molar-refractivity contribution in [1.29, 1.82) is 0 Å². The van der Waals surface area contributed by atoms with Crippen LogP contribution in [0.25, 0.3) is 22.4 Å². The summed E-state index contributed by atoms with van der Waals surface area (Å²) in [4.78, 5) is 4.44. The lowest BCUT2D eigenvalue weighted by molar-refractivity contribution is 0.475. The van der Waals surface area contributed by atoms with Crippen molar-refractivity contribution in [2.75, 3.05) is 0 Å². The van der Waals surface area contributed by atoms with Gasteiger partial charge in [0.05, 0.1) is 16.1 Å². The molecular formula is C15H12ClFN2O. The lowest BCUT2D eigenvalue weighted by atomic mass is 10.2. The molecule has 0 aliphatic carbocycles. The third-order valence-electron chi connectivity index (χ3n) is 3.22. The second-order valence-corrected chi connectivity index (χ2v) is 4.88. The average molecular weight is 291 g/mol. The largest absolute Gasteiger partial charge is 0.508 e.